The molecule has 0 spiro atoms. The highest BCUT2D eigenvalue weighted by atomic mass is 16.4. The van der Waals surface area contributed by atoms with Gasteiger partial charge in [-0.15, -0.1) is 5.73 Å². The molecule has 0 aliphatic rings. The number of rotatable bonds is 2. The lowest BCUT2D eigenvalue weighted by Gasteiger charge is -1.93. The molecular weight excluding hydrogens is 128 g/mol. The van der Waals surface area contributed by atoms with E-state index in [0.29, 0.717) is 11.1 Å². The first-order chi connectivity index (χ1) is 4.59. The molecule has 0 rings (SSSR count). The maximum atomic E-state index is 10.3. The molecule has 2 heteroatoms. The third-order valence-corrected chi connectivity index (χ3v) is 1.23. The van der Waals surface area contributed by atoms with Gasteiger partial charge in [0.1, 0.15) is 0 Å². The normalized spacial score (nSPS) is 11.4. The largest absolute Gasteiger partial charge is 0.478 e. The summed E-state index contributed by atoms with van der Waals surface area (Å²) in [6.07, 6.45) is 1.55. The molecule has 2 nitrogen and oxygen atoms in total. The Hall–Kier alpha value is -1.27. The molecule has 0 heterocycles. The number of allylic oxidation sites excluding steroid dienone is 2. The molecule has 0 saturated carbocycles. The van der Waals surface area contributed by atoms with E-state index in [0.717, 1.165) is 0 Å². The maximum absolute atomic E-state index is 10.3. The summed E-state index contributed by atoms with van der Waals surface area (Å²) in [5, 5.41) is 8.45. The summed E-state index contributed by atoms with van der Waals surface area (Å²) < 4.78 is 0. The van der Waals surface area contributed by atoms with Crippen molar-refractivity contribution in [3.05, 3.63) is 29.5 Å². The van der Waals surface area contributed by atoms with Crippen LogP contribution < -0.4 is 0 Å². The molecule has 1 N–H and O–H groups in total. The summed E-state index contributed by atoms with van der Waals surface area (Å²) in [6, 6.07) is 0. The van der Waals surface area contributed by atoms with Crippen molar-refractivity contribution in [2.75, 3.05) is 0 Å². The standard InChI is InChI=1S/C8H10O2/c1-4-5-6(2)7(3)8(9)10/h5H,1H2,2-3H3,(H,9,10). The molecular formula is C8H10O2. The Morgan fingerprint density at radius 2 is 2.10 bits per heavy atom. The van der Waals surface area contributed by atoms with Gasteiger partial charge in [0, 0.05) is 5.57 Å². The molecule has 0 bridgehead atoms. The van der Waals surface area contributed by atoms with Crippen molar-refractivity contribution in [3.63, 3.8) is 0 Å². The average Bonchev–Trinajstić information content (AvgIpc) is 1.87. The monoisotopic (exact) mass is 138 g/mol. The molecule has 0 aliphatic heterocycles. The molecule has 0 aliphatic carbocycles. The molecule has 10 heavy (non-hydrogen) atoms. The smallest absolute Gasteiger partial charge is 0.331 e. The van der Waals surface area contributed by atoms with Crippen LogP contribution in [0.15, 0.2) is 29.5 Å². The minimum atomic E-state index is -0.899. The number of carboxylic acids is 1. The van der Waals surface area contributed by atoms with Crippen molar-refractivity contribution in [2.45, 2.75) is 13.8 Å². The second-order valence-corrected chi connectivity index (χ2v) is 1.96. The van der Waals surface area contributed by atoms with E-state index >= 15 is 0 Å². The minimum absolute atomic E-state index is 0.330. The van der Waals surface area contributed by atoms with Gasteiger partial charge in [-0.05, 0) is 25.5 Å². The Bertz CT molecular complexity index is 207. The highest BCUT2D eigenvalue weighted by Crippen LogP contribution is 2.03. The fourth-order valence-electron chi connectivity index (χ4n) is 0.430. The van der Waals surface area contributed by atoms with Crippen molar-refractivity contribution in [3.8, 4) is 0 Å². The summed E-state index contributed by atoms with van der Waals surface area (Å²) in [7, 11) is 0. The van der Waals surface area contributed by atoms with Crippen molar-refractivity contribution >= 4 is 5.97 Å². The van der Waals surface area contributed by atoms with E-state index in [1.54, 1.807) is 19.9 Å². The summed E-state index contributed by atoms with van der Waals surface area (Å²) in [5.74, 6) is -0.899. The van der Waals surface area contributed by atoms with Crippen LogP contribution in [0.5, 0.6) is 0 Å². The topological polar surface area (TPSA) is 37.3 Å². The molecule has 0 amide bonds. The van der Waals surface area contributed by atoms with Gasteiger partial charge >= 0.3 is 5.97 Å². The SMILES string of the molecule is C=C=CC(C)=C(C)C(=O)O. The summed E-state index contributed by atoms with van der Waals surface area (Å²) >= 11 is 0. The molecule has 0 atom stereocenters. The van der Waals surface area contributed by atoms with Gasteiger partial charge in [0.25, 0.3) is 0 Å². The van der Waals surface area contributed by atoms with Crippen molar-refractivity contribution in [2.24, 2.45) is 0 Å². The van der Waals surface area contributed by atoms with Gasteiger partial charge in [-0.2, -0.15) is 0 Å². The predicted molar refractivity (Wildman–Crippen MR) is 39.7 cm³/mol. The quantitative estimate of drug-likeness (QED) is 0.358. The summed E-state index contributed by atoms with van der Waals surface area (Å²) in [5.41, 5.74) is 3.52. The Labute approximate surface area is 60.2 Å². The molecule has 0 aromatic carbocycles. The Morgan fingerprint density at radius 1 is 1.60 bits per heavy atom. The fourth-order valence-corrected chi connectivity index (χ4v) is 0.430. The van der Waals surface area contributed by atoms with Crippen molar-refractivity contribution in [1.82, 2.24) is 0 Å². The third kappa shape index (κ3) is 2.33. The summed E-state index contributed by atoms with van der Waals surface area (Å²) in [4.78, 5) is 10.3. The van der Waals surface area contributed by atoms with E-state index in [1.807, 2.05) is 0 Å². The lowest BCUT2D eigenvalue weighted by Crippen LogP contribution is -1.97. The molecule has 0 radical (unpaired) electrons. The second-order valence-electron chi connectivity index (χ2n) is 1.96. The first-order valence-corrected chi connectivity index (χ1v) is 2.86. The van der Waals surface area contributed by atoms with Gasteiger partial charge in [0.2, 0.25) is 0 Å². The number of hydrogen-bond acceptors (Lipinski definition) is 1. The van der Waals surface area contributed by atoms with E-state index < -0.39 is 5.97 Å². The van der Waals surface area contributed by atoms with Crippen LogP contribution in [0.2, 0.25) is 0 Å². The molecule has 0 saturated heterocycles. The van der Waals surface area contributed by atoms with E-state index in [-0.39, 0.29) is 0 Å². The second kappa shape index (κ2) is 3.70. The number of carboxylic acid groups (broad SMARTS) is 1. The highest BCUT2D eigenvalue weighted by molar-refractivity contribution is 5.87. The van der Waals surface area contributed by atoms with Gasteiger partial charge < -0.3 is 5.11 Å². The zero-order chi connectivity index (χ0) is 8.15. The lowest BCUT2D eigenvalue weighted by molar-refractivity contribution is -0.132. The number of aliphatic carboxylic acids is 1. The van der Waals surface area contributed by atoms with Crippen LogP contribution in [-0.2, 0) is 4.79 Å². The number of hydrogen-bond donors (Lipinski definition) is 1. The van der Waals surface area contributed by atoms with Crippen LogP contribution in [0.3, 0.4) is 0 Å². The average molecular weight is 138 g/mol. The molecule has 0 aromatic rings. The van der Waals surface area contributed by atoms with Crippen LogP contribution in [0.1, 0.15) is 13.8 Å². The zero-order valence-electron chi connectivity index (χ0n) is 6.14. The van der Waals surface area contributed by atoms with Gasteiger partial charge in [-0.3, -0.25) is 0 Å². The van der Waals surface area contributed by atoms with Crippen LogP contribution in [0.4, 0.5) is 0 Å². The maximum Gasteiger partial charge on any atom is 0.331 e. The third-order valence-electron chi connectivity index (χ3n) is 1.23. The van der Waals surface area contributed by atoms with Gasteiger partial charge in [-0.25, -0.2) is 4.79 Å². The summed E-state index contributed by atoms with van der Waals surface area (Å²) in [6.45, 7) is 6.59. The van der Waals surface area contributed by atoms with E-state index in [9.17, 15) is 4.79 Å². The van der Waals surface area contributed by atoms with Crippen LogP contribution in [0, 0.1) is 0 Å². The lowest BCUT2D eigenvalue weighted by atomic mass is 10.1. The van der Waals surface area contributed by atoms with Crippen LogP contribution in [0.25, 0.3) is 0 Å². The zero-order valence-corrected chi connectivity index (χ0v) is 6.14. The fraction of sp³-hybridized carbons (Fsp3) is 0.250. The van der Waals surface area contributed by atoms with E-state index in [1.165, 1.54) is 0 Å². The Kier molecular flexibility index (Phi) is 3.23. The highest BCUT2D eigenvalue weighted by Gasteiger charge is 2.00. The predicted octanol–water partition coefficient (Wildman–Crippen LogP) is 1.75. The van der Waals surface area contributed by atoms with E-state index in [4.69, 9.17) is 5.11 Å². The molecule has 54 valence electrons. The first kappa shape index (κ1) is 8.73. The van der Waals surface area contributed by atoms with Gasteiger partial charge in [-0.1, -0.05) is 6.58 Å². The van der Waals surface area contributed by atoms with Crippen molar-refractivity contribution < 1.29 is 9.90 Å². The first-order valence-electron chi connectivity index (χ1n) is 2.86. The van der Waals surface area contributed by atoms with Gasteiger partial charge in [0.05, 0.1) is 0 Å². The number of carbonyl (C=O) groups is 1. The molecule has 0 fully saturated rings. The van der Waals surface area contributed by atoms with E-state index in [2.05, 4.69) is 12.3 Å². The van der Waals surface area contributed by atoms with Crippen LogP contribution in [-0.4, -0.2) is 11.1 Å². The Balaban J connectivity index is 4.66. The molecule has 0 unspecified atom stereocenters. The van der Waals surface area contributed by atoms with Crippen molar-refractivity contribution in [1.29, 1.82) is 0 Å². The molecule has 0 aromatic heterocycles. The Morgan fingerprint density at radius 3 is 2.40 bits per heavy atom. The van der Waals surface area contributed by atoms with Gasteiger partial charge in [0.15, 0.2) is 0 Å². The van der Waals surface area contributed by atoms with Crippen LogP contribution >= 0.6 is 0 Å². The minimum Gasteiger partial charge on any atom is -0.478 e.